The molecule has 2 N–H and O–H groups in total. The second-order valence-corrected chi connectivity index (χ2v) is 5.97. The Hall–Kier alpha value is -1.77. The van der Waals surface area contributed by atoms with E-state index in [0.717, 1.165) is 12.1 Å². The van der Waals surface area contributed by atoms with Gasteiger partial charge in [-0.1, -0.05) is 11.6 Å². The van der Waals surface area contributed by atoms with Crippen LogP contribution in [-0.4, -0.2) is 25.4 Å². The molecule has 1 aromatic heterocycles. The highest BCUT2D eigenvalue weighted by Crippen LogP contribution is 2.23. The molecule has 1 heterocycles. The Kier molecular flexibility index (Phi) is 4.17. The van der Waals surface area contributed by atoms with Gasteiger partial charge in [0.1, 0.15) is 23.1 Å². The fourth-order valence-corrected chi connectivity index (χ4v) is 2.33. The second-order valence-electron chi connectivity index (χ2n) is 3.70. The number of nitrogens with zero attached hydrogens (tertiary/aromatic N) is 2. The van der Waals surface area contributed by atoms with Crippen LogP contribution in [0.4, 0.5) is 15.9 Å². The highest BCUT2D eigenvalue weighted by molar-refractivity contribution is 7.89. The SMILES string of the molecule is CNS(=O)(=O)c1ccc(F)c(Nc2cc(Cl)ncn2)c1. The van der Waals surface area contributed by atoms with Crippen LogP contribution in [0.2, 0.25) is 5.15 Å². The van der Waals surface area contributed by atoms with Gasteiger partial charge in [-0.25, -0.2) is 27.5 Å². The predicted molar refractivity (Wildman–Crippen MR) is 73.0 cm³/mol. The summed E-state index contributed by atoms with van der Waals surface area (Å²) in [5, 5.41) is 2.83. The van der Waals surface area contributed by atoms with E-state index in [4.69, 9.17) is 11.6 Å². The van der Waals surface area contributed by atoms with Gasteiger partial charge in [0.05, 0.1) is 10.6 Å². The van der Waals surface area contributed by atoms with Crippen LogP contribution < -0.4 is 10.0 Å². The van der Waals surface area contributed by atoms with Gasteiger partial charge in [-0.2, -0.15) is 0 Å². The van der Waals surface area contributed by atoms with Crippen molar-refractivity contribution in [1.82, 2.24) is 14.7 Å². The van der Waals surface area contributed by atoms with Gasteiger partial charge in [0.15, 0.2) is 0 Å². The fourth-order valence-electron chi connectivity index (χ4n) is 1.43. The van der Waals surface area contributed by atoms with Crippen molar-refractivity contribution >= 4 is 33.1 Å². The van der Waals surface area contributed by atoms with E-state index in [1.807, 2.05) is 0 Å². The van der Waals surface area contributed by atoms with Crippen LogP contribution in [0.3, 0.4) is 0 Å². The normalized spacial score (nSPS) is 11.3. The van der Waals surface area contributed by atoms with Crippen LogP contribution in [0.1, 0.15) is 0 Å². The Balaban J connectivity index is 2.39. The molecule has 0 aliphatic carbocycles. The Morgan fingerprint density at radius 3 is 2.65 bits per heavy atom. The first-order valence-corrected chi connectivity index (χ1v) is 7.26. The van der Waals surface area contributed by atoms with Crippen molar-refractivity contribution in [2.45, 2.75) is 4.90 Å². The zero-order valence-electron chi connectivity index (χ0n) is 10.3. The molecule has 6 nitrogen and oxygen atoms in total. The maximum absolute atomic E-state index is 13.7. The molecule has 106 valence electrons. The Morgan fingerprint density at radius 2 is 2.00 bits per heavy atom. The van der Waals surface area contributed by atoms with E-state index in [-0.39, 0.29) is 21.6 Å². The molecule has 2 rings (SSSR count). The molecule has 0 spiro atoms. The number of halogens is 2. The Morgan fingerprint density at radius 1 is 1.25 bits per heavy atom. The lowest BCUT2D eigenvalue weighted by Crippen LogP contribution is -2.18. The molecule has 0 aliphatic rings. The Bertz CT molecular complexity index is 739. The summed E-state index contributed by atoms with van der Waals surface area (Å²) in [5.41, 5.74) is -0.0314. The third kappa shape index (κ3) is 3.21. The van der Waals surface area contributed by atoms with Crippen molar-refractivity contribution in [3.63, 3.8) is 0 Å². The van der Waals surface area contributed by atoms with Gasteiger partial charge in [-0.3, -0.25) is 0 Å². The minimum Gasteiger partial charge on any atom is -0.338 e. The molecular weight excluding hydrogens is 307 g/mol. The molecule has 2 aromatic rings. The van der Waals surface area contributed by atoms with Crippen molar-refractivity contribution in [3.8, 4) is 0 Å². The van der Waals surface area contributed by atoms with Gasteiger partial charge < -0.3 is 5.32 Å². The number of hydrogen-bond acceptors (Lipinski definition) is 5. The van der Waals surface area contributed by atoms with Gasteiger partial charge in [0.25, 0.3) is 0 Å². The molecule has 0 atom stereocenters. The van der Waals surface area contributed by atoms with E-state index in [2.05, 4.69) is 20.0 Å². The summed E-state index contributed by atoms with van der Waals surface area (Å²) in [4.78, 5) is 7.47. The largest absolute Gasteiger partial charge is 0.338 e. The van der Waals surface area contributed by atoms with Crippen LogP contribution in [-0.2, 0) is 10.0 Å². The van der Waals surface area contributed by atoms with E-state index >= 15 is 0 Å². The van der Waals surface area contributed by atoms with Crippen LogP contribution in [0, 0.1) is 5.82 Å². The molecule has 0 saturated carbocycles. The summed E-state index contributed by atoms with van der Waals surface area (Å²) in [7, 11) is -2.38. The van der Waals surface area contributed by atoms with Crippen LogP contribution in [0.5, 0.6) is 0 Å². The minimum absolute atomic E-state index is 0.0314. The van der Waals surface area contributed by atoms with Crippen LogP contribution in [0.25, 0.3) is 0 Å². The first-order chi connectivity index (χ1) is 9.42. The van der Waals surface area contributed by atoms with E-state index in [1.54, 1.807) is 0 Å². The summed E-state index contributed by atoms with van der Waals surface area (Å²) < 4.78 is 39.2. The number of anilines is 2. The van der Waals surface area contributed by atoms with Gasteiger partial charge in [0, 0.05) is 6.07 Å². The smallest absolute Gasteiger partial charge is 0.240 e. The summed E-state index contributed by atoms with van der Waals surface area (Å²) in [5.74, 6) is -0.363. The molecule has 1 aromatic carbocycles. The molecular formula is C11H10ClFN4O2S. The zero-order chi connectivity index (χ0) is 14.8. The highest BCUT2D eigenvalue weighted by atomic mass is 35.5. The second kappa shape index (κ2) is 5.70. The van der Waals surface area contributed by atoms with Gasteiger partial charge in [-0.15, -0.1) is 0 Å². The Labute approximate surface area is 120 Å². The van der Waals surface area contributed by atoms with Gasteiger partial charge >= 0.3 is 0 Å². The standard InChI is InChI=1S/C11H10ClFN4O2S/c1-14-20(18,19)7-2-3-8(13)9(4-7)17-11-5-10(12)15-6-16-11/h2-6,14H,1H3,(H,15,16,17). The van der Waals surface area contributed by atoms with Crippen molar-refractivity contribution < 1.29 is 12.8 Å². The summed E-state index contributed by atoms with van der Waals surface area (Å²) in [6.07, 6.45) is 1.21. The van der Waals surface area contributed by atoms with Crippen molar-refractivity contribution in [3.05, 3.63) is 41.6 Å². The monoisotopic (exact) mass is 316 g/mol. The fraction of sp³-hybridized carbons (Fsp3) is 0.0909. The topological polar surface area (TPSA) is 84.0 Å². The molecule has 9 heteroatoms. The van der Waals surface area contributed by atoms with E-state index in [1.165, 1.54) is 25.5 Å². The number of aromatic nitrogens is 2. The predicted octanol–water partition coefficient (Wildman–Crippen LogP) is 1.92. The van der Waals surface area contributed by atoms with Crippen molar-refractivity contribution in [1.29, 1.82) is 0 Å². The maximum Gasteiger partial charge on any atom is 0.240 e. The van der Waals surface area contributed by atoms with Crippen molar-refractivity contribution in [2.24, 2.45) is 0 Å². The summed E-state index contributed by atoms with van der Waals surface area (Å²) in [6.45, 7) is 0. The quantitative estimate of drug-likeness (QED) is 0.842. The first-order valence-electron chi connectivity index (χ1n) is 5.40. The lowest BCUT2D eigenvalue weighted by atomic mass is 10.3. The number of rotatable bonds is 4. The third-order valence-corrected chi connectivity index (χ3v) is 4.03. The molecule has 20 heavy (non-hydrogen) atoms. The average molecular weight is 317 g/mol. The van der Waals surface area contributed by atoms with E-state index in [0.29, 0.717) is 0 Å². The minimum atomic E-state index is -3.65. The molecule has 0 unspecified atom stereocenters. The van der Waals surface area contributed by atoms with E-state index < -0.39 is 15.8 Å². The highest BCUT2D eigenvalue weighted by Gasteiger charge is 2.14. The number of hydrogen-bond donors (Lipinski definition) is 2. The maximum atomic E-state index is 13.7. The lowest BCUT2D eigenvalue weighted by molar-refractivity contribution is 0.587. The average Bonchev–Trinajstić information content (AvgIpc) is 2.41. The molecule has 0 radical (unpaired) electrons. The third-order valence-electron chi connectivity index (χ3n) is 2.41. The van der Waals surface area contributed by atoms with Gasteiger partial charge in [0.2, 0.25) is 10.0 Å². The molecule has 0 saturated heterocycles. The number of sulfonamides is 1. The summed E-state index contributed by atoms with van der Waals surface area (Å²) in [6, 6.07) is 4.77. The molecule has 0 fully saturated rings. The number of benzene rings is 1. The number of nitrogens with one attached hydrogen (secondary N) is 2. The van der Waals surface area contributed by atoms with Crippen LogP contribution in [0.15, 0.2) is 35.5 Å². The zero-order valence-corrected chi connectivity index (χ0v) is 11.8. The molecule has 0 aliphatic heterocycles. The molecule has 0 amide bonds. The first kappa shape index (κ1) is 14.6. The lowest BCUT2D eigenvalue weighted by Gasteiger charge is -2.09. The van der Waals surface area contributed by atoms with Gasteiger partial charge in [-0.05, 0) is 25.2 Å². The summed E-state index contributed by atoms with van der Waals surface area (Å²) >= 11 is 5.69. The van der Waals surface area contributed by atoms with E-state index in [9.17, 15) is 12.8 Å². The molecule has 0 bridgehead atoms. The van der Waals surface area contributed by atoms with Crippen molar-refractivity contribution in [2.75, 3.05) is 12.4 Å². The van der Waals surface area contributed by atoms with Crippen LogP contribution >= 0.6 is 11.6 Å².